The summed E-state index contributed by atoms with van der Waals surface area (Å²) in [6.45, 7) is 4.59. The number of nitrogens with zero attached hydrogens (tertiary/aromatic N) is 3. The number of hydrogen-bond donors (Lipinski definition) is 1. The van der Waals surface area contributed by atoms with E-state index in [0.717, 1.165) is 47.8 Å². The van der Waals surface area contributed by atoms with Crippen molar-refractivity contribution in [3.8, 4) is 11.4 Å². The second kappa shape index (κ2) is 10.6. The highest BCUT2D eigenvalue weighted by molar-refractivity contribution is 7.99. The van der Waals surface area contributed by atoms with Crippen LogP contribution < -0.4 is 4.74 Å². The number of carbonyl (C=O) groups is 1. The molecule has 3 aromatic rings. The third kappa shape index (κ3) is 4.27. The van der Waals surface area contributed by atoms with Crippen LogP contribution in [0.2, 0.25) is 0 Å². The lowest BCUT2D eigenvalue weighted by Gasteiger charge is -2.61. The van der Waals surface area contributed by atoms with Crippen molar-refractivity contribution in [2.24, 2.45) is 28.6 Å². The zero-order valence-electron chi connectivity index (χ0n) is 25.5. The van der Waals surface area contributed by atoms with Gasteiger partial charge in [0.2, 0.25) is 0 Å². The molecular formula is C35H41N3O4S. The number of rotatable bonds is 7. The molecule has 2 heterocycles. The zero-order chi connectivity index (χ0) is 30.0. The summed E-state index contributed by atoms with van der Waals surface area (Å²) in [6, 6.07) is 13.8. The number of Topliss-reactive ketones (excluding diaryl/α,β-unsaturated/α-hetero) is 1. The van der Waals surface area contributed by atoms with Gasteiger partial charge >= 0.3 is 0 Å². The molecular weight excluding hydrogens is 558 g/mol. The molecule has 7 nitrogen and oxygen atoms in total. The van der Waals surface area contributed by atoms with Gasteiger partial charge in [-0.3, -0.25) is 4.79 Å². The maximum atomic E-state index is 14.0. The molecule has 0 spiro atoms. The largest absolute Gasteiger partial charge is 0.497 e. The van der Waals surface area contributed by atoms with Gasteiger partial charge in [0.05, 0.1) is 41.6 Å². The fourth-order valence-electron chi connectivity index (χ4n) is 9.70. The number of benzene rings is 1. The summed E-state index contributed by atoms with van der Waals surface area (Å²) in [5.74, 6) is 2.06. The lowest BCUT2D eigenvalue weighted by Crippen LogP contribution is -2.62. The smallest absolute Gasteiger partial charge is 0.175 e. The van der Waals surface area contributed by atoms with Crippen molar-refractivity contribution in [3.05, 3.63) is 71.7 Å². The van der Waals surface area contributed by atoms with Crippen LogP contribution in [0.15, 0.2) is 65.5 Å². The quantitative estimate of drug-likeness (QED) is 0.325. The third-order valence-electron chi connectivity index (χ3n) is 11.7. The highest BCUT2D eigenvalue weighted by Crippen LogP contribution is 2.68. The zero-order valence-corrected chi connectivity index (χ0v) is 26.3. The Morgan fingerprint density at radius 3 is 2.67 bits per heavy atom. The van der Waals surface area contributed by atoms with Crippen molar-refractivity contribution in [2.75, 3.05) is 20.0 Å². The predicted molar refractivity (Wildman–Crippen MR) is 167 cm³/mol. The van der Waals surface area contributed by atoms with Gasteiger partial charge in [0.25, 0.3) is 0 Å². The van der Waals surface area contributed by atoms with Gasteiger partial charge in [-0.25, -0.2) is 9.67 Å². The monoisotopic (exact) mass is 599 g/mol. The first-order valence-electron chi connectivity index (χ1n) is 15.5. The number of ether oxygens (including phenoxy) is 2. The van der Waals surface area contributed by atoms with Crippen molar-refractivity contribution < 1.29 is 19.4 Å². The Morgan fingerprint density at radius 1 is 1.14 bits per heavy atom. The van der Waals surface area contributed by atoms with Crippen LogP contribution in [0.4, 0.5) is 0 Å². The number of thioether (sulfide) groups is 1. The summed E-state index contributed by atoms with van der Waals surface area (Å²) >= 11 is 1.48. The molecule has 0 saturated heterocycles. The summed E-state index contributed by atoms with van der Waals surface area (Å²) in [6.07, 6.45) is 10.7. The Balaban J connectivity index is 1.17. The van der Waals surface area contributed by atoms with Crippen molar-refractivity contribution in [1.82, 2.24) is 14.8 Å². The molecule has 1 N–H and O–H groups in total. The van der Waals surface area contributed by atoms with Crippen LogP contribution in [0.25, 0.3) is 11.8 Å². The Morgan fingerprint density at radius 2 is 1.95 bits per heavy atom. The average molecular weight is 600 g/mol. The Hall–Kier alpha value is -2.94. The molecule has 43 heavy (non-hydrogen) atoms. The van der Waals surface area contributed by atoms with E-state index in [1.165, 1.54) is 22.9 Å². The molecule has 3 saturated carbocycles. The fraction of sp³-hybridized carbons (Fsp3) is 0.514. The van der Waals surface area contributed by atoms with Gasteiger partial charge in [-0.2, -0.15) is 5.10 Å². The van der Waals surface area contributed by atoms with E-state index in [0.29, 0.717) is 30.4 Å². The number of pyridine rings is 1. The van der Waals surface area contributed by atoms with E-state index in [4.69, 9.17) is 14.6 Å². The third-order valence-corrected chi connectivity index (χ3v) is 12.6. The lowest BCUT2D eigenvalue weighted by molar-refractivity contribution is -0.185. The van der Waals surface area contributed by atoms with E-state index >= 15 is 0 Å². The molecule has 0 amide bonds. The van der Waals surface area contributed by atoms with Gasteiger partial charge in [-0.1, -0.05) is 37.2 Å². The molecule has 0 bridgehead atoms. The first-order valence-corrected chi connectivity index (χ1v) is 16.5. The molecule has 0 aliphatic heterocycles. The first kappa shape index (κ1) is 28.8. The van der Waals surface area contributed by atoms with E-state index in [9.17, 15) is 9.90 Å². The number of methoxy groups -OCH3 is 2. The molecule has 4 aliphatic carbocycles. The maximum absolute atomic E-state index is 14.0. The Bertz CT molecular complexity index is 1550. The number of allylic oxidation sites excluding steroid dienone is 1. The SMILES string of the molecule is COc1ccc(-n2ncc3c2C=C2CCC4C(C(O)CC5(C)C4CCC5(OC)C(=O)CSc4ccccn4)C2(C)C3)cc1. The van der Waals surface area contributed by atoms with E-state index in [1.54, 1.807) is 20.4 Å². The van der Waals surface area contributed by atoms with E-state index in [2.05, 4.69) is 24.9 Å². The standard InChI is InChI=1S/C35H41N3O4S/c1-33-18-22-20-37-38(24-9-11-25(41-3)12-10-24)28(22)17-23(33)8-13-26-27-14-15-35(42-4,34(27,2)19-29(39)32(26)33)30(40)21-43-31-7-5-6-16-36-31/h5-7,9-12,16-17,20,26-27,29,32,39H,8,13-15,18-19,21H2,1-4H3. The van der Waals surface area contributed by atoms with Crippen molar-refractivity contribution in [3.63, 3.8) is 0 Å². The number of carbonyl (C=O) groups excluding carboxylic acids is 1. The minimum absolute atomic E-state index is 0.122. The van der Waals surface area contributed by atoms with Gasteiger partial charge in [-0.15, -0.1) is 0 Å². The minimum atomic E-state index is -0.887. The Labute approximate surface area is 258 Å². The second-order valence-electron chi connectivity index (χ2n) is 13.4. The van der Waals surface area contributed by atoms with Crippen LogP contribution in [-0.4, -0.2) is 57.3 Å². The summed E-state index contributed by atoms with van der Waals surface area (Å²) in [4.78, 5) is 18.4. The molecule has 8 heteroatoms. The van der Waals surface area contributed by atoms with E-state index in [-0.39, 0.29) is 17.1 Å². The maximum Gasteiger partial charge on any atom is 0.175 e. The van der Waals surface area contributed by atoms with E-state index < -0.39 is 17.1 Å². The average Bonchev–Trinajstić information content (AvgIpc) is 3.56. The molecule has 4 aliphatic rings. The van der Waals surface area contributed by atoms with Gasteiger partial charge < -0.3 is 14.6 Å². The molecule has 2 aromatic heterocycles. The molecule has 226 valence electrons. The van der Waals surface area contributed by atoms with Gasteiger partial charge in [0.15, 0.2) is 5.78 Å². The van der Waals surface area contributed by atoms with Gasteiger partial charge in [0.1, 0.15) is 11.4 Å². The fourth-order valence-corrected chi connectivity index (χ4v) is 10.5. The summed E-state index contributed by atoms with van der Waals surface area (Å²) in [7, 11) is 3.37. The van der Waals surface area contributed by atoms with E-state index in [1.807, 2.05) is 53.3 Å². The molecule has 3 fully saturated rings. The summed E-state index contributed by atoms with van der Waals surface area (Å²) < 4.78 is 13.6. The highest BCUT2D eigenvalue weighted by Gasteiger charge is 2.69. The van der Waals surface area contributed by atoms with Crippen LogP contribution in [0, 0.1) is 28.6 Å². The lowest BCUT2D eigenvalue weighted by atomic mass is 9.45. The summed E-state index contributed by atoms with van der Waals surface area (Å²) in [5, 5.41) is 17.7. The Kier molecular flexibility index (Phi) is 7.10. The molecule has 7 rings (SSSR count). The minimum Gasteiger partial charge on any atom is -0.497 e. The topological polar surface area (TPSA) is 86.5 Å². The van der Waals surface area contributed by atoms with Crippen molar-refractivity contribution in [2.45, 2.75) is 69.1 Å². The number of fused-ring (bicyclic) bond motifs is 6. The van der Waals surface area contributed by atoms with Crippen LogP contribution in [0.1, 0.15) is 57.2 Å². The van der Waals surface area contributed by atoms with Crippen LogP contribution in [0.5, 0.6) is 5.75 Å². The highest BCUT2D eigenvalue weighted by atomic mass is 32.2. The normalized spacial score (nSPS) is 34.4. The van der Waals surface area contributed by atoms with Crippen molar-refractivity contribution in [1.29, 1.82) is 0 Å². The van der Waals surface area contributed by atoms with Gasteiger partial charge in [-0.05, 0) is 110 Å². The summed E-state index contributed by atoms with van der Waals surface area (Å²) in [5.41, 5.74) is 3.34. The molecule has 0 radical (unpaired) electrons. The first-order chi connectivity index (χ1) is 20.7. The molecule has 1 aromatic carbocycles. The number of aliphatic hydroxyl groups is 1. The van der Waals surface area contributed by atoms with Crippen LogP contribution >= 0.6 is 11.8 Å². The van der Waals surface area contributed by atoms with Gasteiger partial charge in [0, 0.05) is 18.7 Å². The number of ketones is 1. The second-order valence-corrected chi connectivity index (χ2v) is 14.4. The number of hydrogen-bond acceptors (Lipinski definition) is 7. The van der Waals surface area contributed by atoms with Crippen LogP contribution in [0.3, 0.4) is 0 Å². The van der Waals surface area contributed by atoms with Crippen LogP contribution in [-0.2, 0) is 16.0 Å². The molecule has 7 unspecified atom stereocenters. The van der Waals surface area contributed by atoms with Crippen molar-refractivity contribution >= 4 is 23.6 Å². The number of aliphatic hydroxyl groups excluding tert-OH is 1. The number of aromatic nitrogens is 3. The molecule has 7 atom stereocenters. The predicted octanol–water partition coefficient (Wildman–Crippen LogP) is 6.18.